The Labute approximate surface area is 171 Å². The molecule has 0 bridgehead atoms. The highest BCUT2D eigenvalue weighted by atomic mass is 16.2. The molecular weight excluding hydrogens is 362 g/mol. The molecule has 0 aliphatic heterocycles. The number of nitrogens with one attached hydrogen (secondary N) is 1. The lowest BCUT2D eigenvalue weighted by molar-refractivity contribution is -0.119. The van der Waals surface area contributed by atoms with E-state index in [0.29, 0.717) is 12.1 Å². The monoisotopic (exact) mass is 389 g/mol. The van der Waals surface area contributed by atoms with E-state index >= 15 is 0 Å². The summed E-state index contributed by atoms with van der Waals surface area (Å²) in [5.41, 5.74) is 6.41. The minimum Gasteiger partial charge on any atom is -0.324 e. The second-order valence-electron chi connectivity index (χ2n) is 7.48. The number of benzene rings is 2. The summed E-state index contributed by atoms with van der Waals surface area (Å²) >= 11 is 0. The number of carbonyl (C=O) groups is 1. The highest BCUT2D eigenvalue weighted by Gasteiger charge is 2.22. The van der Waals surface area contributed by atoms with Crippen molar-refractivity contribution in [2.45, 2.75) is 47.1 Å². The van der Waals surface area contributed by atoms with Crippen LogP contribution in [0.15, 0.2) is 53.3 Å². The Morgan fingerprint density at radius 3 is 2.52 bits per heavy atom. The second kappa shape index (κ2) is 8.43. The van der Waals surface area contributed by atoms with Crippen LogP contribution in [-0.2, 0) is 4.79 Å². The molecule has 5 nitrogen and oxygen atoms in total. The smallest absolute Gasteiger partial charge is 0.267 e. The lowest BCUT2D eigenvalue weighted by Crippen LogP contribution is -2.34. The molecule has 5 heteroatoms. The van der Waals surface area contributed by atoms with Crippen LogP contribution in [-0.4, -0.2) is 15.7 Å². The van der Waals surface area contributed by atoms with Gasteiger partial charge >= 0.3 is 0 Å². The first-order chi connectivity index (χ1) is 13.8. The van der Waals surface area contributed by atoms with E-state index in [1.165, 1.54) is 10.7 Å². The van der Waals surface area contributed by atoms with E-state index in [4.69, 9.17) is 0 Å². The molecule has 0 spiro atoms. The number of aromatic nitrogens is 2. The van der Waals surface area contributed by atoms with E-state index in [9.17, 15) is 9.59 Å². The van der Waals surface area contributed by atoms with Gasteiger partial charge in [0.25, 0.3) is 5.56 Å². The number of hydrogen-bond donors (Lipinski definition) is 1. The van der Waals surface area contributed by atoms with Gasteiger partial charge in [0.2, 0.25) is 5.91 Å². The minimum atomic E-state index is -0.688. The van der Waals surface area contributed by atoms with E-state index in [-0.39, 0.29) is 11.5 Å². The summed E-state index contributed by atoms with van der Waals surface area (Å²) in [7, 11) is 0. The third kappa shape index (κ3) is 4.29. The van der Waals surface area contributed by atoms with Gasteiger partial charge in [-0.2, -0.15) is 5.10 Å². The Morgan fingerprint density at radius 1 is 1.03 bits per heavy atom. The third-order valence-electron chi connectivity index (χ3n) is 5.34. The number of amides is 1. The largest absolute Gasteiger partial charge is 0.324 e. The van der Waals surface area contributed by atoms with E-state index in [1.54, 1.807) is 6.07 Å². The zero-order chi connectivity index (χ0) is 21.1. The molecule has 3 aromatic rings. The number of aryl methyl sites for hydroxylation is 3. The minimum absolute atomic E-state index is 0.242. The highest BCUT2D eigenvalue weighted by molar-refractivity contribution is 5.94. The van der Waals surface area contributed by atoms with Crippen LogP contribution in [0.2, 0.25) is 0 Å². The molecule has 0 saturated heterocycles. The Morgan fingerprint density at radius 2 is 1.79 bits per heavy atom. The lowest BCUT2D eigenvalue weighted by atomic mass is 10.0. The van der Waals surface area contributed by atoms with Gasteiger partial charge in [0, 0.05) is 17.3 Å². The number of rotatable bonds is 5. The van der Waals surface area contributed by atoms with Crippen molar-refractivity contribution in [1.29, 1.82) is 0 Å². The van der Waals surface area contributed by atoms with E-state index in [0.717, 1.165) is 33.5 Å². The molecule has 0 aliphatic rings. The molecule has 150 valence electrons. The van der Waals surface area contributed by atoms with Gasteiger partial charge in [-0.05, 0) is 69.0 Å². The van der Waals surface area contributed by atoms with Crippen molar-refractivity contribution in [2.24, 2.45) is 0 Å². The summed E-state index contributed by atoms with van der Waals surface area (Å²) in [4.78, 5) is 25.6. The SMILES string of the molecule is CC[C@@H](C(=O)Nc1cccc(C)c1C)n1nc(-c2cc(C)ccc2C)ccc1=O. The van der Waals surface area contributed by atoms with Crippen molar-refractivity contribution >= 4 is 11.6 Å². The van der Waals surface area contributed by atoms with Gasteiger partial charge in [-0.1, -0.05) is 36.8 Å². The molecule has 3 rings (SSSR count). The van der Waals surface area contributed by atoms with Gasteiger partial charge < -0.3 is 5.32 Å². The molecule has 1 amide bonds. The van der Waals surface area contributed by atoms with E-state index in [2.05, 4.69) is 10.4 Å². The first-order valence-corrected chi connectivity index (χ1v) is 9.86. The molecular formula is C24H27N3O2. The number of hydrogen-bond acceptors (Lipinski definition) is 3. The molecule has 0 unspecified atom stereocenters. The van der Waals surface area contributed by atoms with Crippen LogP contribution < -0.4 is 10.9 Å². The number of anilines is 1. The average Bonchev–Trinajstić information content (AvgIpc) is 2.69. The fourth-order valence-corrected chi connectivity index (χ4v) is 3.38. The maximum Gasteiger partial charge on any atom is 0.267 e. The maximum atomic E-state index is 13.0. The summed E-state index contributed by atoms with van der Waals surface area (Å²) in [5.74, 6) is -0.242. The van der Waals surface area contributed by atoms with Crippen molar-refractivity contribution in [3.8, 4) is 11.3 Å². The molecule has 0 saturated carbocycles. The van der Waals surface area contributed by atoms with Crippen molar-refractivity contribution < 1.29 is 4.79 Å². The van der Waals surface area contributed by atoms with Crippen molar-refractivity contribution in [3.05, 3.63) is 81.1 Å². The average molecular weight is 389 g/mol. The molecule has 1 aromatic heterocycles. The molecule has 0 fully saturated rings. The maximum absolute atomic E-state index is 13.0. The molecule has 1 N–H and O–H groups in total. The summed E-state index contributed by atoms with van der Waals surface area (Å²) in [6.45, 7) is 9.88. The van der Waals surface area contributed by atoms with Crippen molar-refractivity contribution in [2.75, 3.05) is 5.32 Å². The second-order valence-corrected chi connectivity index (χ2v) is 7.48. The standard InChI is InChI=1S/C24H27N3O2/c1-6-22(24(29)25-20-9-7-8-16(3)18(20)5)27-23(28)13-12-21(26-27)19-14-15(2)10-11-17(19)4/h7-14,22H,6H2,1-5H3,(H,25,29)/t22-/m0/s1. The number of nitrogens with zero attached hydrogens (tertiary/aromatic N) is 2. The van der Waals surface area contributed by atoms with Gasteiger partial charge in [0.15, 0.2) is 0 Å². The topological polar surface area (TPSA) is 64.0 Å². The number of carbonyl (C=O) groups excluding carboxylic acids is 1. The molecule has 1 atom stereocenters. The van der Waals surface area contributed by atoms with Crippen LogP contribution in [0, 0.1) is 27.7 Å². The van der Waals surface area contributed by atoms with Crippen molar-refractivity contribution in [1.82, 2.24) is 9.78 Å². The third-order valence-corrected chi connectivity index (χ3v) is 5.34. The van der Waals surface area contributed by atoms with Crippen LogP contribution in [0.3, 0.4) is 0 Å². The van der Waals surface area contributed by atoms with Gasteiger partial charge in [-0.25, -0.2) is 4.68 Å². The summed E-state index contributed by atoms with van der Waals surface area (Å²) in [6.07, 6.45) is 0.458. The van der Waals surface area contributed by atoms with Gasteiger partial charge in [0.1, 0.15) is 6.04 Å². The normalized spacial score (nSPS) is 11.9. The first-order valence-electron chi connectivity index (χ1n) is 9.86. The van der Waals surface area contributed by atoms with Gasteiger partial charge in [-0.3, -0.25) is 9.59 Å². The molecule has 0 radical (unpaired) electrons. The Balaban J connectivity index is 1.99. The molecule has 29 heavy (non-hydrogen) atoms. The molecule has 1 heterocycles. The Hall–Kier alpha value is -3.21. The predicted molar refractivity (Wildman–Crippen MR) is 117 cm³/mol. The first kappa shape index (κ1) is 20.5. The zero-order valence-electron chi connectivity index (χ0n) is 17.6. The summed E-state index contributed by atoms with van der Waals surface area (Å²) in [6, 6.07) is 14.4. The molecule has 0 aliphatic carbocycles. The van der Waals surface area contributed by atoms with Crippen LogP contribution in [0.5, 0.6) is 0 Å². The Kier molecular flexibility index (Phi) is 5.97. The van der Waals surface area contributed by atoms with Gasteiger partial charge in [-0.15, -0.1) is 0 Å². The zero-order valence-corrected chi connectivity index (χ0v) is 17.6. The van der Waals surface area contributed by atoms with Crippen LogP contribution >= 0.6 is 0 Å². The fraction of sp³-hybridized carbons (Fsp3) is 0.292. The highest BCUT2D eigenvalue weighted by Crippen LogP contribution is 2.23. The van der Waals surface area contributed by atoms with Crippen molar-refractivity contribution in [3.63, 3.8) is 0 Å². The van der Waals surface area contributed by atoms with Crippen LogP contribution in [0.25, 0.3) is 11.3 Å². The lowest BCUT2D eigenvalue weighted by Gasteiger charge is -2.19. The molecule has 2 aromatic carbocycles. The summed E-state index contributed by atoms with van der Waals surface area (Å²) < 4.78 is 1.30. The van der Waals surface area contributed by atoms with E-state index < -0.39 is 6.04 Å². The van der Waals surface area contributed by atoms with Crippen LogP contribution in [0.1, 0.15) is 41.6 Å². The van der Waals surface area contributed by atoms with Gasteiger partial charge in [0.05, 0.1) is 5.69 Å². The Bertz CT molecular complexity index is 1120. The summed E-state index contributed by atoms with van der Waals surface area (Å²) in [5, 5.41) is 7.53. The van der Waals surface area contributed by atoms with E-state index in [1.807, 2.05) is 71.0 Å². The van der Waals surface area contributed by atoms with Crippen LogP contribution in [0.4, 0.5) is 5.69 Å². The predicted octanol–water partition coefficient (Wildman–Crippen LogP) is 4.73. The fourth-order valence-electron chi connectivity index (χ4n) is 3.38. The quantitative estimate of drug-likeness (QED) is 0.686.